The number of unbranched alkanes of at least 4 members (excludes halogenated alkanes) is 1. The molecule has 4 aromatic rings. The number of thioether (sulfide) groups is 1. The van der Waals surface area contributed by atoms with Crippen LogP contribution in [0, 0.1) is 13.8 Å². The Bertz CT molecular complexity index is 1460. The molecular formula is C30H32BrN5O3S. The van der Waals surface area contributed by atoms with Gasteiger partial charge in [0, 0.05) is 21.4 Å². The Morgan fingerprint density at radius 3 is 2.48 bits per heavy atom. The van der Waals surface area contributed by atoms with Gasteiger partial charge in [0.15, 0.2) is 11.0 Å². The lowest BCUT2D eigenvalue weighted by molar-refractivity contribution is -0.113. The molecule has 208 valence electrons. The van der Waals surface area contributed by atoms with Crippen LogP contribution in [0.3, 0.4) is 0 Å². The molecule has 0 bridgehead atoms. The number of nitrogens with zero attached hydrogens (tertiary/aromatic N) is 3. The molecule has 0 atom stereocenters. The van der Waals surface area contributed by atoms with Crippen LogP contribution in [0.1, 0.15) is 47.1 Å². The summed E-state index contributed by atoms with van der Waals surface area (Å²) >= 11 is 4.76. The maximum atomic E-state index is 12.9. The minimum atomic E-state index is -0.229. The number of nitrogens with one attached hydrogen (secondary N) is 2. The Labute approximate surface area is 247 Å². The zero-order valence-electron chi connectivity index (χ0n) is 22.7. The van der Waals surface area contributed by atoms with Crippen LogP contribution < -0.4 is 15.4 Å². The highest BCUT2D eigenvalue weighted by Gasteiger charge is 2.17. The molecule has 0 saturated carbocycles. The lowest BCUT2D eigenvalue weighted by Crippen LogP contribution is -2.24. The van der Waals surface area contributed by atoms with Gasteiger partial charge in [-0.1, -0.05) is 53.2 Å². The minimum absolute atomic E-state index is 0.138. The third-order valence-corrected chi connectivity index (χ3v) is 7.53. The lowest BCUT2D eigenvalue weighted by atomic mass is 10.1. The largest absolute Gasteiger partial charge is 0.494 e. The fraction of sp³-hybridized carbons (Fsp3) is 0.267. The van der Waals surface area contributed by atoms with Crippen molar-refractivity contribution in [3.05, 3.63) is 93.7 Å². The molecule has 0 spiro atoms. The molecule has 2 amide bonds. The van der Waals surface area contributed by atoms with Gasteiger partial charge in [-0.05, 0) is 86.0 Å². The van der Waals surface area contributed by atoms with Crippen molar-refractivity contribution >= 4 is 45.2 Å². The number of rotatable bonds is 12. The molecule has 0 aliphatic carbocycles. The summed E-state index contributed by atoms with van der Waals surface area (Å²) in [6.07, 6.45) is 2.05. The first kappa shape index (κ1) is 29.4. The van der Waals surface area contributed by atoms with Crippen LogP contribution in [-0.2, 0) is 11.3 Å². The second kappa shape index (κ2) is 14.1. The number of hydrogen-bond donors (Lipinski definition) is 2. The number of ether oxygens (including phenoxy) is 1. The lowest BCUT2D eigenvalue weighted by Gasteiger charge is -2.12. The Morgan fingerprint density at radius 2 is 1.75 bits per heavy atom. The van der Waals surface area contributed by atoms with E-state index in [9.17, 15) is 9.59 Å². The van der Waals surface area contributed by atoms with Gasteiger partial charge in [0.1, 0.15) is 5.75 Å². The normalized spacial score (nSPS) is 10.8. The van der Waals surface area contributed by atoms with Crippen molar-refractivity contribution in [2.24, 2.45) is 0 Å². The first-order valence-electron chi connectivity index (χ1n) is 13.0. The van der Waals surface area contributed by atoms with Crippen molar-refractivity contribution in [3.8, 4) is 11.4 Å². The second-order valence-electron chi connectivity index (χ2n) is 9.27. The summed E-state index contributed by atoms with van der Waals surface area (Å²) in [6, 6.07) is 20.7. The van der Waals surface area contributed by atoms with Gasteiger partial charge >= 0.3 is 0 Å². The van der Waals surface area contributed by atoms with Crippen molar-refractivity contribution in [2.45, 2.75) is 45.3 Å². The van der Waals surface area contributed by atoms with E-state index >= 15 is 0 Å². The van der Waals surface area contributed by atoms with E-state index in [2.05, 4.69) is 43.7 Å². The van der Waals surface area contributed by atoms with Gasteiger partial charge < -0.3 is 15.4 Å². The molecule has 40 heavy (non-hydrogen) atoms. The third kappa shape index (κ3) is 7.95. The van der Waals surface area contributed by atoms with E-state index in [-0.39, 0.29) is 24.1 Å². The SMILES string of the molecule is CCCCOc1ccc(C(=O)NCc2nnc(SCC(=O)Nc3cc(C)ccc3C)n2-c2ccc(Br)cc2)cc1. The van der Waals surface area contributed by atoms with E-state index in [0.717, 1.165) is 45.6 Å². The standard InChI is InChI=1S/C30H32BrN5O3S/c1-4-5-16-39-25-14-8-22(9-15-25)29(38)32-18-27-34-35-30(36(27)24-12-10-23(31)11-13-24)40-19-28(37)33-26-17-20(2)6-7-21(26)3/h6-15,17H,4-5,16,18-19H2,1-3H3,(H,32,38)(H,33,37). The van der Waals surface area contributed by atoms with Gasteiger partial charge in [-0.2, -0.15) is 0 Å². The van der Waals surface area contributed by atoms with E-state index in [1.165, 1.54) is 11.8 Å². The predicted octanol–water partition coefficient (Wildman–Crippen LogP) is 6.49. The van der Waals surface area contributed by atoms with Gasteiger partial charge in [-0.25, -0.2) is 0 Å². The molecule has 1 aromatic heterocycles. The van der Waals surface area contributed by atoms with Gasteiger partial charge in [-0.15, -0.1) is 10.2 Å². The number of anilines is 1. The molecule has 0 unspecified atom stereocenters. The number of aromatic nitrogens is 3. The number of halogens is 1. The van der Waals surface area contributed by atoms with Crippen LogP contribution in [0.2, 0.25) is 0 Å². The maximum Gasteiger partial charge on any atom is 0.251 e. The van der Waals surface area contributed by atoms with Gasteiger partial charge in [0.25, 0.3) is 5.91 Å². The highest BCUT2D eigenvalue weighted by Crippen LogP contribution is 2.24. The average molecular weight is 623 g/mol. The Balaban J connectivity index is 1.45. The maximum absolute atomic E-state index is 12.9. The van der Waals surface area contributed by atoms with Gasteiger partial charge in [0.05, 0.1) is 18.9 Å². The highest BCUT2D eigenvalue weighted by atomic mass is 79.9. The van der Waals surface area contributed by atoms with Crippen molar-refractivity contribution in [1.29, 1.82) is 0 Å². The van der Waals surface area contributed by atoms with Crippen molar-refractivity contribution < 1.29 is 14.3 Å². The van der Waals surface area contributed by atoms with E-state index < -0.39 is 0 Å². The number of aryl methyl sites for hydroxylation is 2. The van der Waals surface area contributed by atoms with E-state index in [4.69, 9.17) is 4.74 Å². The van der Waals surface area contributed by atoms with Crippen LogP contribution in [0.4, 0.5) is 5.69 Å². The number of carbonyl (C=O) groups is 2. The Morgan fingerprint density at radius 1 is 1.00 bits per heavy atom. The molecule has 4 rings (SSSR count). The molecule has 0 aliphatic rings. The summed E-state index contributed by atoms with van der Waals surface area (Å²) in [6.45, 7) is 6.87. The van der Waals surface area contributed by atoms with Crippen molar-refractivity contribution in [1.82, 2.24) is 20.1 Å². The highest BCUT2D eigenvalue weighted by molar-refractivity contribution is 9.10. The van der Waals surface area contributed by atoms with E-state index in [1.54, 1.807) is 24.3 Å². The van der Waals surface area contributed by atoms with Crippen LogP contribution in [0.5, 0.6) is 5.75 Å². The molecule has 0 fully saturated rings. The first-order chi connectivity index (χ1) is 19.3. The van der Waals surface area contributed by atoms with Crippen molar-refractivity contribution in [2.75, 3.05) is 17.7 Å². The fourth-order valence-electron chi connectivity index (χ4n) is 3.84. The molecule has 2 N–H and O–H groups in total. The third-order valence-electron chi connectivity index (χ3n) is 6.07. The summed E-state index contributed by atoms with van der Waals surface area (Å²) < 4.78 is 8.47. The molecular weight excluding hydrogens is 590 g/mol. The molecule has 3 aromatic carbocycles. The predicted molar refractivity (Wildman–Crippen MR) is 162 cm³/mol. The molecule has 0 radical (unpaired) electrons. The summed E-state index contributed by atoms with van der Waals surface area (Å²) in [7, 11) is 0. The van der Waals surface area contributed by atoms with Crippen molar-refractivity contribution in [3.63, 3.8) is 0 Å². The monoisotopic (exact) mass is 621 g/mol. The first-order valence-corrected chi connectivity index (χ1v) is 14.8. The second-order valence-corrected chi connectivity index (χ2v) is 11.1. The number of amides is 2. The zero-order valence-corrected chi connectivity index (χ0v) is 25.1. The molecule has 0 aliphatic heterocycles. The minimum Gasteiger partial charge on any atom is -0.494 e. The van der Waals surface area contributed by atoms with Gasteiger partial charge in [-0.3, -0.25) is 14.2 Å². The topological polar surface area (TPSA) is 98.1 Å². The Kier molecular flexibility index (Phi) is 10.4. The van der Waals surface area contributed by atoms with Gasteiger partial charge in [0.2, 0.25) is 5.91 Å². The molecule has 8 nitrogen and oxygen atoms in total. The Hall–Kier alpha value is -3.63. The zero-order chi connectivity index (χ0) is 28.5. The van der Waals surface area contributed by atoms with E-state index in [1.807, 2.05) is 60.9 Å². The summed E-state index contributed by atoms with van der Waals surface area (Å²) in [5.41, 5.74) is 4.22. The molecule has 0 saturated heterocycles. The summed E-state index contributed by atoms with van der Waals surface area (Å²) in [5, 5.41) is 15.1. The van der Waals surface area contributed by atoms with Crippen LogP contribution >= 0.6 is 27.7 Å². The van der Waals surface area contributed by atoms with Crippen LogP contribution in [-0.4, -0.2) is 38.9 Å². The number of carbonyl (C=O) groups excluding carboxylic acids is 2. The average Bonchev–Trinajstić information content (AvgIpc) is 3.36. The van der Waals surface area contributed by atoms with Crippen LogP contribution in [0.15, 0.2) is 76.4 Å². The van der Waals surface area contributed by atoms with E-state index in [0.29, 0.717) is 23.2 Å². The summed E-state index contributed by atoms with van der Waals surface area (Å²) in [5.74, 6) is 1.07. The number of benzene rings is 3. The molecule has 10 heteroatoms. The smallest absolute Gasteiger partial charge is 0.251 e. The number of hydrogen-bond acceptors (Lipinski definition) is 6. The fourth-order valence-corrected chi connectivity index (χ4v) is 4.88. The van der Waals surface area contributed by atoms with Crippen LogP contribution in [0.25, 0.3) is 5.69 Å². The summed E-state index contributed by atoms with van der Waals surface area (Å²) in [4.78, 5) is 25.6. The molecule has 1 heterocycles. The quantitative estimate of drug-likeness (QED) is 0.139.